The fourth-order valence-corrected chi connectivity index (χ4v) is 2.57. The Morgan fingerprint density at radius 3 is 2.31 bits per heavy atom. The van der Waals surface area contributed by atoms with Gasteiger partial charge >= 0.3 is 0 Å². The van der Waals surface area contributed by atoms with Gasteiger partial charge in [-0.25, -0.2) is 0 Å². The molecule has 3 aromatic rings. The molecule has 0 atom stereocenters. The molecule has 0 spiro atoms. The molecule has 134 valence electrons. The first-order chi connectivity index (χ1) is 12.6. The average molecular weight is 350 g/mol. The van der Waals surface area contributed by atoms with E-state index in [-0.39, 0.29) is 23.9 Å². The number of aliphatic hydroxyl groups is 1. The van der Waals surface area contributed by atoms with Gasteiger partial charge in [0.05, 0.1) is 12.3 Å². The van der Waals surface area contributed by atoms with Crippen LogP contribution in [0.4, 0.5) is 0 Å². The number of hydrogen-bond acceptors (Lipinski definition) is 4. The van der Waals surface area contributed by atoms with Crippen molar-refractivity contribution in [3.05, 3.63) is 76.6 Å². The lowest BCUT2D eigenvalue weighted by Crippen LogP contribution is -2.24. The van der Waals surface area contributed by atoms with E-state index in [2.05, 4.69) is 22.4 Å². The zero-order chi connectivity index (χ0) is 18.5. The van der Waals surface area contributed by atoms with Crippen LogP contribution in [0.5, 0.6) is 0 Å². The topological polar surface area (TPSA) is 80.0 Å². The summed E-state index contributed by atoms with van der Waals surface area (Å²) in [6.45, 7) is 4.14. The van der Waals surface area contributed by atoms with Gasteiger partial charge in [0, 0.05) is 6.54 Å². The van der Waals surface area contributed by atoms with Crippen molar-refractivity contribution in [1.29, 1.82) is 0 Å². The molecule has 0 aliphatic heterocycles. The number of aliphatic hydroxyl groups excluding tert-OH is 1. The van der Waals surface area contributed by atoms with Crippen molar-refractivity contribution in [2.45, 2.75) is 33.4 Å². The predicted octanol–water partition coefficient (Wildman–Crippen LogP) is 2.56. The minimum Gasteiger partial charge on any atom is -0.390 e. The highest BCUT2D eigenvalue weighted by atomic mass is 16.3. The third-order valence-corrected chi connectivity index (χ3v) is 4.20. The van der Waals surface area contributed by atoms with Crippen LogP contribution in [0, 0.1) is 6.92 Å². The standard InChI is InChI=1S/C20H22N4O2/c1-3-15-8-10-17(11-9-15)24-22-18(13-25)19(23-24)20(26)21-12-16-6-4-14(2)5-7-16/h4-11,25H,3,12-13H2,1-2H3,(H,21,26). The van der Waals surface area contributed by atoms with Crippen molar-refractivity contribution in [2.75, 3.05) is 0 Å². The highest BCUT2D eigenvalue weighted by Gasteiger charge is 2.18. The van der Waals surface area contributed by atoms with E-state index in [1.165, 1.54) is 15.9 Å². The van der Waals surface area contributed by atoms with Gasteiger partial charge in [0.2, 0.25) is 0 Å². The summed E-state index contributed by atoms with van der Waals surface area (Å²) in [5.41, 5.74) is 4.51. The van der Waals surface area contributed by atoms with Gasteiger partial charge in [0.15, 0.2) is 5.69 Å². The first kappa shape index (κ1) is 17.8. The summed E-state index contributed by atoms with van der Waals surface area (Å²) in [6, 6.07) is 15.7. The third-order valence-electron chi connectivity index (χ3n) is 4.20. The minimum atomic E-state index is -0.356. The number of rotatable bonds is 6. The molecule has 1 heterocycles. The van der Waals surface area contributed by atoms with Gasteiger partial charge in [-0.3, -0.25) is 4.79 Å². The molecule has 6 nitrogen and oxygen atoms in total. The highest BCUT2D eigenvalue weighted by molar-refractivity contribution is 5.93. The number of nitrogens with zero attached hydrogens (tertiary/aromatic N) is 3. The molecular weight excluding hydrogens is 328 g/mol. The number of amides is 1. The summed E-state index contributed by atoms with van der Waals surface area (Å²) >= 11 is 0. The van der Waals surface area contributed by atoms with Gasteiger partial charge < -0.3 is 10.4 Å². The number of carbonyl (C=O) groups is 1. The molecule has 0 aliphatic carbocycles. The molecule has 2 aromatic carbocycles. The summed E-state index contributed by atoms with van der Waals surface area (Å²) in [6.07, 6.45) is 0.946. The van der Waals surface area contributed by atoms with E-state index in [1.807, 2.05) is 55.5 Å². The van der Waals surface area contributed by atoms with Gasteiger partial charge in [-0.2, -0.15) is 4.80 Å². The van der Waals surface area contributed by atoms with Gasteiger partial charge in [-0.05, 0) is 36.6 Å². The van der Waals surface area contributed by atoms with Crippen molar-refractivity contribution >= 4 is 5.91 Å². The Kier molecular flexibility index (Phi) is 5.43. The Hall–Kier alpha value is -2.99. The fraction of sp³-hybridized carbons (Fsp3) is 0.250. The molecule has 0 unspecified atom stereocenters. The predicted molar refractivity (Wildman–Crippen MR) is 99.0 cm³/mol. The summed E-state index contributed by atoms with van der Waals surface area (Å²) in [4.78, 5) is 13.9. The second-order valence-electron chi connectivity index (χ2n) is 6.13. The molecule has 6 heteroatoms. The third kappa shape index (κ3) is 3.97. The molecule has 26 heavy (non-hydrogen) atoms. The first-order valence-electron chi connectivity index (χ1n) is 8.61. The second kappa shape index (κ2) is 7.93. The van der Waals surface area contributed by atoms with Crippen LogP contribution in [-0.2, 0) is 19.6 Å². The lowest BCUT2D eigenvalue weighted by Gasteiger charge is -2.04. The number of aromatic nitrogens is 3. The lowest BCUT2D eigenvalue weighted by molar-refractivity contribution is 0.0942. The van der Waals surface area contributed by atoms with Gasteiger partial charge in [0.25, 0.3) is 5.91 Å². The molecule has 0 saturated carbocycles. The molecule has 0 radical (unpaired) electrons. The number of hydrogen-bond donors (Lipinski definition) is 2. The summed E-state index contributed by atoms with van der Waals surface area (Å²) < 4.78 is 0. The maximum absolute atomic E-state index is 12.5. The quantitative estimate of drug-likeness (QED) is 0.716. The molecule has 2 N–H and O–H groups in total. The summed E-state index contributed by atoms with van der Waals surface area (Å²) in [7, 11) is 0. The van der Waals surface area contributed by atoms with E-state index < -0.39 is 0 Å². The van der Waals surface area contributed by atoms with Crippen LogP contribution in [0.3, 0.4) is 0 Å². The van der Waals surface area contributed by atoms with E-state index in [4.69, 9.17) is 0 Å². The zero-order valence-electron chi connectivity index (χ0n) is 14.9. The van der Waals surface area contributed by atoms with E-state index >= 15 is 0 Å². The summed E-state index contributed by atoms with van der Waals surface area (Å²) in [5, 5.41) is 20.9. The fourth-order valence-electron chi connectivity index (χ4n) is 2.57. The molecule has 3 rings (SSSR count). The highest BCUT2D eigenvalue weighted by Crippen LogP contribution is 2.12. The Morgan fingerprint density at radius 1 is 1.04 bits per heavy atom. The Labute approximate surface area is 152 Å². The number of nitrogens with one attached hydrogen (secondary N) is 1. The molecule has 0 bridgehead atoms. The van der Waals surface area contributed by atoms with Gasteiger partial charge in [0.1, 0.15) is 5.69 Å². The molecule has 1 amide bonds. The van der Waals surface area contributed by atoms with E-state index in [0.29, 0.717) is 6.54 Å². The van der Waals surface area contributed by atoms with Gasteiger partial charge in [-0.1, -0.05) is 48.9 Å². The first-order valence-corrected chi connectivity index (χ1v) is 8.61. The second-order valence-corrected chi connectivity index (χ2v) is 6.13. The van der Waals surface area contributed by atoms with Crippen LogP contribution in [-0.4, -0.2) is 26.0 Å². The normalized spacial score (nSPS) is 10.7. The Balaban J connectivity index is 1.76. The molecule has 0 fully saturated rings. The monoisotopic (exact) mass is 350 g/mol. The van der Waals surface area contributed by atoms with Crippen molar-refractivity contribution in [3.63, 3.8) is 0 Å². The number of carbonyl (C=O) groups excluding carboxylic acids is 1. The molecule has 0 aliphatic rings. The van der Waals surface area contributed by atoms with Crippen molar-refractivity contribution in [2.24, 2.45) is 0 Å². The molecule has 1 aromatic heterocycles. The van der Waals surface area contributed by atoms with Gasteiger partial charge in [-0.15, -0.1) is 10.2 Å². The zero-order valence-corrected chi connectivity index (χ0v) is 14.9. The minimum absolute atomic E-state index is 0.138. The van der Waals surface area contributed by atoms with Crippen molar-refractivity contribution < 1.29 is 9.90 Å². The lowest BCUT2D eigenvalue weighted by atomic mass is 10.1. The van der Waals surface area contributed by atoms with Crippen molar-refractivity contribution in [1.82, 2.24) is 20.3 Å². The SMILES string of the molecule is CCc1ccc(-n2nc(CO)c(C(=O)NCc3ccc(C)cc3)n2)cc1. The average Bonchev–Trinajstić information content (AvgIpc) is 3.12. The molecule has 0 saturated heterocycles. The van der Waals surface area contributed by atoms with Crippen LogP contribution in [0.1, 0.15) is 39.8 Å². The van der Waals surface area contributed by atoms with E-state index in [0.717, 1.165) is 17.7 Å². The van der Waals surface area contributed by atoms with Crippen LogP contribution in [0.25, 0.3) is 5.69 Å². The Bertz CT molecular complexity index is 883. The number of aryl methyl sites for hydroxylation is 2. The van der Waals surface area contributed by atoms with Crippen LogP contribution < -0.4 is 5.32 Å². The van der Waals surface area contributed by atoms with Crippen molar-refractivity contribution in [3.8, 4) is 5.69 Å². The smallest absolute Gasteiger partial charge is 0.274 e. The maximum Gasteiger partial charge on any atom is 0.274 e. The Morgan fingerprint density at radius 2 is 1.69 bits per heavy atom. The van der Waals surface area contributed by atoms with Crippen LogP contribution in [0.15, 0.2) is 48.5 Å². The number of benzene rings is 2. The van der Waals surface area contributed by atoms with E-state index in [1.54, 1.807) is 0 Å². The van der Waals surface area contributed by atoms with Crippen LogP contribution >= 0.6 is 0 Å². The largest absolute Gasteiger partial charge is 0.390 e. The van der Waals surface area contributed by atoms with Crippen LogP contribution in [0.2, 0.25) is 0 Å². The van der Waals surface area contributed by atoms with E-state index in [9.17, 15) is 9.90 Å². The maximum atomic E-state index is 12.5. The summed E-state index contributed by atoms with van der Waals surface area (Å²) in [5.74, 6) is -0.356. The molecular formula is C20H22N4O2.